The van der Waals surface area contributed by atoms with Crippen molar-refractivity contribution < 1.29 is 27.4 Å². The minimum atomic E-state index is -1.39. The SMILES string of the molecule is C1=CSCC1.COc1cc(CNC(=O)C(OCC#N)c2ccc(-c3ccc(F)c(F)c3)cc2F)ccn1. The molecule has 6 nitrogen and oxygen atoms in total. The second-order valence-corrected chi connectivity index (χ2v) is 8.68. The van der Waals surface area contributed by atoms with E-state index >= 15 is 0 Å². The molecule has 0 saturated heterocycles. The predicted molar refractivity (Wildman–Crippen MR) is 135 cm³/mol. The summed E-state index contributed by atoms with van der Waals surface area (Å²) in [6.07, 6.45) is 3.60. The van der Waals surface area contributed by atoms with E-state index in [1.54, 1.807) is 18.2 Å². The highest BCUT2D eigenvalue weighted by molar-refractivity contribution is 8.02. The molecule has 0 saturated carbocycles. The normalized spacial score (nSPS) is 12.7. The average Bonchev–Trinajstić information content (AvgIpc) is 3.50. The van der Waals surface area contributed by atoms with E-state index in [2.05, 4.69) is 21.8 Å². The van der Waals surface area contributed by atoms with E-state index in [4.69, 9.17) is 14.7 Å². The molecule has 192 valence electrons. The van der Waals surface area contributed by atoms with Gasteiger partial charge in [0.2, 0.25) is 5.88 Å². The van der Waals surface area contributed by atoms with Gasteiger partial charge in [0.15, 0.2) is 17.7 Å². The minimum Gasteiger partial charge on any atom is -0.481 e. The predicted octanol–water partition coefficient (Wildman–Crippen LogP) is 5.71. The number of aromatic nitrogens is 1. The van der Waals surface area contributed by atoms with Crippen molar-refractivity contribution in [1.82, 2.24) is 10.3 Å². The molecule has 10 heteroatoms. The maximum atomic E-state index is 14.9. The van der Waals surface area contributed by atoms with Gasteiger partial charge in [-0.3, -0.25) is 4.79 Å². The molecule has 0 aliphatic carbocycles. The van der Waals surface area contributed by atoms with Gasteiger partial charge in [-0.05, 0) is 52.8 Å². The van der Waals surface area contributed by atoms with E-state index in [0.717, 1.165) is 18.2 Å². The molecule has 2 heterocycles. The number of nitrogens with zero attached hydrogens (tertiary/aromatic N) is 2. The molecule has 0 fully saturated rings. The summed E-state index contributed by atoms with van der Waals surface area (Å²) in [5.74, 6) is -1.85. The van der Waals surface area contributed by atoms with Crippen molar-refractivity contribution in [2.45, 2.75) is 19.1 Å². The number of methoxy groups -OCH3 is 1. The third kappa shape index (κ3) is 8.10. The Kier molecular flexibility index (Phi) is 10.6. The molecule has 37 heavy (non-hydrogen) atoms. The molecule has 1 unspecified atom stereocenters. The smallest absolute Gasteiger partial charge is 0.254 e. The van der Waals surface area contributed by atoms with E-state index in [9.17, 15) is 18.0 Å². The van der Waals surface area contributed by atoms with Crippen LogP contribution in [0.2, 0.25) is 0 Å². The molecule has 3 aromatic rings. The lowest BCUT2D eigenvalue weighted by Gasteiger charge is -2.18. The van der Waals surface area contributed by atoms with Crippen LogP contribution in [0.25, 0.3) is 11.1 Å². The number of hydrogen-bond donors (Lipinski definition) is 1. The summed E-state index contributed by atoms with van der Waals surface area (Å²) in [5.41, 5.74) is 1.14. The lowest BCUT2D eigenvalue weighted by Crippen LogP contribution is -2.31. The van der Waals surface area contributed by atoms with Crippen LogP contribution in [-0.2, 0) is 16.1 Å². The van der Waals surface area contributed by atoms with Gasteiger partial charge in [0.05, 0.1) is 13.2 Å². The topological polar surface area (TPSA) is 84.2 Å². The van der Waals surface area contributed by atoms with Crippen molar-refractivity contribution in [1.29, 1.82) is 5.26 Å². The van der Waals surface area contributed by atoms with Gasteiger partial charge >= 0.3 is 0 Å². The maximum Gasteiger partial charge on any atom is 0.254 e. The molecule has 1 amide bonds. The lowest BCUT2D eigenvalue weighted by molar-refractivity contribution is -0.132. The number of allylic oxidation sites excluding steroid dienone is 1. The molecule has 0 spiro atoms. The fourth-order valence-electron chi connectivity index (χ4n) is 3.32. The van der Waals surface area contributed by atoms with E-state index < -0.39 is 36.1 Å². The van der Waals surface area contributed by atoms with E-state index in [1.807, 2.05) is 11.8 Å². The first kappa shape index (κ1) is 27.8. The van der Waals surface area contributed by atoms with Crippen LogP contribution in [0.3, 0.4) is 0 Å². The summed E-state index contributed by atoms with van der Waals surface area (Å²) >= 11 is 1.89. The largest absolute Gasteiger partial charge is 0.481 e. The Labute approximate surface area is 217 Å². The number of nitriles is 1. The number of carbonyl (C=O) groups is 1. The summed E-state index contributed by atoms with van der Waals surface area (Å²) in [6.45, 7) is -0.343. The molecule has 1 aromatic heterocycles. The molecule has 1 aliphatic heterocycles. The fourth-order valence-corrected chi connectivity index (χ4v) is 4.00. The number of halogens is 3. The Morgan fingerprint density at radius 2 is 1.86 bits per heavy atom. The standard InChI is InChI=1S/C23H18F3N3O3.C4H6S/c1-31-21-10-14(6-8-28-21)13-29-23(30)22(32-9-7-27)17-4-2-15(11-19(17)25)16-3-5-18(24)20(26)12-16;1-2-4-5-3-1/h2-6,8,10-12,22H,9,13H2,1H3,(H,29,30);1,3H,2,4H2. The van der Waals surface area contributed by atoms with E-state index in [-0.39, 0.29) is 23.2 Å². The number of amides is 1. The molecular weight excluding hydrogens is 503 g/mol. The Morgan fingerprint density at radius 3 is 2.46 bits per heavy atom. The Balaban J connectivity index is 0.000000678. The fraction of sp³-hybridized carbons (Fsp3) is 0.222. The first-order valence-corrected chi connectivity index (χ1v) is 12.2. The monoisotopic (exact) mass is 527 g/mol. The Bertz CT molecular complexity index is 1290. The van der Waals surface area contributed by atoms with Gasteiger partial charge in [0.25, 0.3) is 5.91 Å². The highest BCUT2D eigenvalue weighted by atomic mass is 32.2. The minimum absolute atomic E-state index is 0.0959. The van der Waals surface area contributed by atoms with Gasteiger partial charge in [-0.1, -0.05) is 24.3 Å². The zero-order chi connectivity index (χ0) is 26.6. The molecule has 2 aromatic carbocycles. The molecule has 0 bridgehead atoms. The summed E-state index contributed by atoms with van der Waals surface area (Å²) in [7, 11) is 1.46. The van der Waals surface area contributed by atoms with Crippen molar-refractivity contribution in [3.05, 3.63) is 94.8 Å². The summed E-state index contributed by atoms with van der Waals surface area (Å²) in [6, 6.07) is 12.1. The quantitative estimate of drug-likeness (QED) is 0.404. The molecule has 1 aliphatic rings. The van der Waals surface area contributed by atoms with Gasteiger partial charge in [0.1, 0.15) is 12.4 Å². The molecule has 0 radical (unpaired) electrons. The summed E-state index contributed by atoms with van der Waals surface area (Å²) < 4.78 is 51.9. The Hall–Kier alpha value is -3.81. The van der Waals surface area contributed by atoms with Crippen LogP contribution in [0.15, 0.2) is 66.2 Å². The van der Waals surface area contributed by atoms with E-state index in [1.165, 1.54) is 43.7 Å². The van der Waals surface area contributed by atoms with Gasteiger partial charge in [-0.2, -0.15) is 5.26 Å². The molecule has 4 rings (SSSR count). The number of rotatable bonds is 8. The van der Waals surface area contributed by atoms with Crippen molar-refractivity contribution in [3.63, 3.8) is 0 Å². The number of hydrogen-bond acceptors (Lipinski definition) is 6. The number of carbonyl (C=O) groups excluding carboxylic acids is 1. The van der Waals surface area contributed by atoms with Crippen molar-refractivity contribution in [2.24, 2.45) is 0 Å². The lowest BCUT2D eigenvalue weighted by atomic mass is 10.0. The number of nitrogens with one attached hydrogen (secondary N) is 1. The third-order valence-electron chi connectivity index (χ3n) is 5.16. The van der Waals surface area contributed by atoms with Crippen LogP contribution >= 0.6 is 11.8 Å². The van der Waals surface area contributed by atoms with Crippen LogP contribution in [0.1, 0.15) is 23.7 Å². The summed E-state index contributed by atoms with van der Waals surface area (Å²) in [5, 5.41) is 13.6. The highest BCUT2D eigenvalue weighted by Crippen LogP contribution is 2.28. The van der Waals surface area contributed by atoms with Gasteiger partial charge < -0.3 is 14.8 Å². The maximum absolute atomic E-state index is 14.9. The van der Waals surface area contributed by atoms with Gasteiger partial charge in [0, 0.05) is 30.1 Å². The van der Waals surface area contributed by atoms with Crippen molar-refractivity contribution in [2.75, 3.05) is 19.5 Å². The zero-order valence-corrected chi connectivity index (χ0v) is 20.7. The number of thioether (sulfide) groups is 1. The van der Waals surface area contributed by atoms with E-state index in [0.29, 0.717) is 11.4 Å². The Morgan fingerprint density at radius 1 is 1.11 bits per heavy atom. The first-order chi connectivity index (χ1) is 17.9. The second-order valence-electron chi connectivity index (χ2n) is 7.67. The van der Waals surface area contributed by atoms with Crippen LogP contribution in [0.5, 0.6) is 5.88 Å². The number of benzene rings is 2. The van der Waals surface area contributed by atoms with Crippen LogP contribution < -0.4 is 10.1 Å². The van der Waals surface area contributed by atoms with Crippen molar-refractivity contribution >= 4 is 17.7 Å². The van der Waals surface area contributed by atoms with Gasteiger partial charge in [-0.25, -0.2) is 18.2 Å². The number of pyridine rings is 1. The summed E-state index contributed by atoms with van der Waals surface area (Å²) in [4.78, 5) is 16.7. The first-order valence-electron chi connectivity index (χ1n) is 11.2. The second kappa shape index (κ2) is 14.1. The van der Waals surface area contributed by atoms with Gasteiger partial charge in [-0.15, -0.1) is 11.8 Å². The van der Waals surface area contributed by atoms with Crippen LogP contribution in [-0.4, -0.2) is 30.4 Å². The van der Waals surface area contributed by atoms with Crippen molar-refractivity contribution in [3.8, 4) is 23.1 Å². The third-order valence-corrected chi connectivity index (χ3v) is 6.01. The van der Waals surface area contributed by atoms with Crippen LogP contribution in [0.4, 0.5) is 13.2 Å². The number of ether oxygens (including phenoxy) is 2. The van der Waals surface area contributed by atoms with Crippen LogP contribution in [0, 0.1) is 28.8 Å². The molecule has 1 atom stereocenters. The zero-order valence-electron chi connectivity index (χ0n) is 19.9. The molecule has 1 N–H and O–H groups in total. The molecular formula is C27H24F3N3O3S. The highest BCUT2D eigenvalue weighted by Gasteiger charge is 2.25. The average molecular weight is 528 g/mol.